The van der Waals surface area contributed by atoms with Crippen LogP contribution in [-0.4, -0.2) is 49.7 Å². The number of carbonyl (C=O) groups excluding carboxylic acids is 2. The first-order valence-electron chi connectivity index (χ1n) is 9.50. The summed E-state index contributed by atoms with van der Waals surface area (Å²) < 4.78 is 10.5. The highest BCUT2D eigenvalue weighted by molar-refractivity contribution is 5.95. The van der Waals surface area contributed by atoms with E-state index in [-0.39, 0.29) is 18.6 Å². The molecule has 1 aliphatic heterocycles. The number of amides is 1. The van der Waals surface area contributed by atoms with Crippen LogP contribution in [0.25, 0.3) is 0 Å². The van der Waals surface area contributed by atoms with E-state index in [9.17, 15) is 9.59 Å². The minimum absolute atomic E-state index is 0.129. The van der Waals surface area contributed by atoms with Gasteiger partial charge in [0.15, 0.2) is 0 Å². The number of hydrogen-bond donors (Lipinski definition) is 1. The van der Waals surface area contributed by atoms with Crippen LogP contribution in [0.3, 0.4) is 0 Å². The number of rotatable bonds is 8. The van der Waals surface area contributed by atoms with Crippen molar-refractivity contribution in [1.29, 1.82) is 0 Å². The van der Waals surface area contributed by atoms with Gasteiger partial charge in [-0.05, 0) is 36.6 Å². The first-order chi connectivity index (χ1) is 13.6. The number of hydrogen-bond acceptors (Lipinski definition) is 5. The summed E-state index contributed by atoms with van der Waals surface area (Å²) in [5.41, 5.74) is 2.13. The summed E-state index contributed by atoms with van der Waals surface area (Å²) in [4.78, 5) is 26.4. The summed E-state index contributed by atoms with van der Waals surface area (Å²) in [6.45, 7) is 2.43. The van der Waals surface area contributed by atoms with Crippen LogP contribution in [-0.2, 0) is 20.8 Å². The van der Waals surface area contributed by atoms with Gasteiger partial charge >= 0.3 is 5.97 Å². The molecule has 28 heavy (non-hydrogen) atoms. The summed E-state index contributed by atoms with van der Waals surface area (Å²) >= 11 is 0. The lowest BCUT2D eigenvalue weighted by Gasteiger charge is -2.24. The lowest BCUT2D eigenvalue weighted by Crippen LogP contribution is -2.37. The Kier molecular flexibility index (Phi) is 7.17. The van der Waals surface area contributed by atoms with E-state index >= 15 is 0 Å². The Morgan fingerprint density at radius 3 is 2.71 bits per heavy atom. The molecule has 0 aliphatic carbocycles. The Labute approximate surface area is 165 Å². The average molecular weight is 382 g/mol. The molecule has 1 fully saturated rings. The normalized spacial score (nSPS) is 16.1. The van der Waals surface area contributed by atoms with Gasteiger partial charge in [-0.15, -0.1) is 0 Å². The minimum atomic E-state index is -0.430. The maximum Gasteiger partial charge on any atom is 0.337 e. The second kappa shape index (κ2) is 10.0. The van der Waals surface area contributed by atoms with Crippen molar-refractivity contribution in [2.24, 2.45) is 0 Å². The molecule has 1 N–H and O–H groups in total. The molecule has 148 valence electrons. The van der Waals surface area contributed by atoms with Crippen LogP contribution in [0.15, 0.2) is 54.6 Å². The number of nitrogens with one attached hydrogen (secondary N) is 1. The highest BCUT2D eigenvalue weighted by Crippen LogP contribution is 2.16. The molecule has 2 aromatic rings. The van der Waals surface area contributed by atoms with Gasteiger partial charge in [0, 0.05) is 25.4 Å². The molecule has 1 unspecified atom stereocenters. The Balaban J connectivity index is 1.63. The Morgan fingerprint density at radius 1 is 1.18 bits per heavy atom. The zero-order valence-corrected chi connectivity index (χ0v) is 16.1. The van der Waals surface area contributed by atoms with Crippen molar-refractivity contribution in [1.82, 2.24) is 4.90 Å². The number of nitrogens with zero attached hydrogens (tertiary/aromatic N) is 1. The second-order valence-corrected chi connectivity index (χ2v) is 6.91. The van der Waals surface area contributed by atoms with Gasteiger partial charge in [0.2, 0.25) is 5.91 Å². The van der Waals surface area contributed by atoms with E-state index in [0.717, 1.165) is 25.0 Å². The van der Waals surface area contributed by atoms with E-state index in [0.29, 0.717) is 24.3 Å². The highest BCUT2D eigenvalue weighted by Gasteiger charge is 2.21. The van der Waals surface area contributed by atoms with Crippen LogP contribution in [0.5, 0.6) is 0 Å². The molecule has 6 nitrogen and oxygen atoms in total. The summed E-state index contributed by atoms with van der Waals surface area (Å²) in [6, 6.07) is 16.8. The molecular weight excluding hydrogens is 356 g/mol. The molecule has 1 amide bonds. The molecule has 6 heteroatoms. The third-order valence-corrected chi connectivity index (χ3v) is 4.67. The molecule has 0 spiro atoms. The highest BCUT2D eigenvalue weighted by atomic mass is 16.5. The Bertz CT molecular complexity index is 788. The van der Waals surface area contributed by atoms with Gasteiger partial charge in [0.05, 0.1) is 25.3 Å². The molecule has 1 aliphatic rings. The van der Waals surface area contributed by atoms with Crippen LogP contribution in [0.1, 0.15) is 28.8 Å². The SMILES string of the molecule is COC(=O)c1cccc(NC(=O)CN(Cc2ccccc2)CC2CCCO2)c1. The zero-order chi connectivity index (χ0) is 19.8. The maximum atomic E-state index is 12.6. The van der Waals surface area contributed by atoms with Crippen molar-refractivity contribution in [3.05, 3.63) is 65.7 Å². The standard InChI is InChI=1S/C22H26N2O4/c1-27-22(26)18-9-5-10-19(13-18)23-21(25)16-24(15-20-11-6-12-28-20)14-17-7-3-2-4-8-17/h2-5,7-10,13,20H,6,11-12,14-16H2,1H3,(H,23,25). The molecule has 0 bridgehead atoms. The fraction of sp³-hybridized carbons (Fsp3) is 0.364. The lowest BCUT2D eigenvalue weighted by atomic mass is 10.1. The smallest absolute Gasteiger partial charge is 0.337 e. The van der Waals surface area contributed by atoms with Gasteiger partial charge in [-0.3, -0.25) is 9.69 Å². The van der Waals surface area contributed by atoms with Crippen molar-refractivity contribution in [2.45, 2.75) is 25.5 Å². The first-order valence-corrected chi connectivity index (χ1v) is 9.50. The summed E-state index contributed by atoms with van der Waals surface area (Å²) in [5.74, 6) is -0.559. The number of ether oxygens (including phenoxy) is 2. The fourth-order valence-corrected chi connectivity index (χ4v) is 3.35. The molecular formula is C22H26N2O4. The topological polar surface area (TPSA) is 67.9 Å². The van der Waals surface area contributed by atoms with Gasteiger partial charge < -0.3 is 14.8 Å². The third-order valence-electron chi connectivity index (χ3n) is 4.67. The number of anilines is 1. The summed E-state index contributed by atoms with van der Waals surface area (Å²) in [5, 5.41) is 2.87. The molecule has 0 aromatic heterocycles. The number of methoxy groups -OCH3 is 1. The third kappa shape index (κ3) is 5.90. The number of esters is 1. The van der Waals surface area contributed by atoms with Gasteiger partial charge in [0.1, 0.15) is 0 Å². The van der Waals surface area contributed by atoms with Crippen molar-refractivity contribution in [2.75, 3.05) is 32.1 Å². The minimum Gasteiger partial charge on any atom is -0.465 e. The maximum absolute atomic E-state index is 12.6. The summed E-state index contributed by atoms with van der Waals surface area (Å²) in [7, 11) is 1.33. The van der Waals surface area contributed by atoms with Crippen molar-refractivity contribution in [3.63, 3.8) is 0 Å². The largest absolute Gasteiger partial charge is 0.465 e. The van der Waals surface area contributed by atoms with Gasteiger partial charge in [0.25, 0.3) is 0 Å². The van der Waals surface area contributed by atoms with E-state index in [1.807, 2.05) is 18.2 Å². The van der Waals surface area contributed by atoms with E-state index in [1.165, 1.54) is 7.11 Å². The van der Waals surface area contributed by atoms with Gasteiger partial charge in [-0.25, -0.2) is 4.79 Å². The fourth-order valence-electron chi connectivity index (χ4n) is 3.35. The predicted octanol–water partition coefficient (Wildman–Crippen LogP) is 3.09. The van der Waals surface area contributed by atoms with Crippen molar-refractivity contribution in [3.8, 4) is 0 Å². The first kappa shape index (κ1) is 20.0. The van der Waals surface area contributed by atoms with Crippen LogP contribution in [0.4, 0.5) is 5.69 Å². The van der Waals surface area contributed by atoms with Gasteiger partial charge in [-0.2, -0.15) is 0 Å². The van der Waals surface area contributed by atoms with Crippen LogP contribution in [0, 0.1) is 0 Å². The predicted molar refractivity (Wildman–Crippen MR) is 107 cm³/mol. The van der Waals surface area contributed by atoms with E-state index in [2.05, 4.69) is 22.3 Å². The zero-order valence-electron chi connectivity index (χ0n) is 16.1. The van der Waals surface area contributed by atoms with E-state index in [1.54, 1.807) is 24.3 Å². The van der Waals surface area contributed by atoms with E-state index < -0.39 is 5.97 Å². The number of benzene rings is 2. The van der Waals surface area contributed by atoms with Crippen LogP contribution in [0.2, 0.25) is 0 Å². The van der Waals surface area contributed by atoms with Crippen LogP contribution < -0.4 is 5.32 Å². The average Bonchev–Trinajstić information content (AvgIpc) is 3.21. The molecule has 0 radical (unpaired) electrons. The number of carbonyl (C=O) groups is 2. The molecule has 1 heterocycles. The quantitative estimate of drug-likeness (QED) is 0.711. The molecule has 3 rings (SSSR count). The monoisotopic (exact) mass is 382 g/mol. The molecule has 0 saturated carbocycles. The van der Waals surface area contributed by atoms with Gasteiger partial charge in [-0.1, -0.05) is 36.4 Å². The van der Waals surface area contributed by atoms with Crippen LogP contribution >= 0.6 is 0 Å². The Morgan fingerprint density at radius 2 is 2.00 bits per heavy atom. The molecule has 1 saturated heterocycles. The second-order valence-electron chi connectivity index (χ2n) is 6.91. The van der Waals surface area contributed by atoms with E-state index in [4.69, 9.17) is 9.47 Å². The van der Waals surface area contributed by atoms with Crippen molar-refractivity contribution < 1.29 is 19.1 Å². The Hall–Kier alpha value is -2.70. The molecule has 2 aromatic carbocycles. The summed E-state index contributed by atoms with van der Waals surface area (Å²) in [6.07, 6.45) is 2.25. The molecule has 1 atom stereocenters. The lowest BCUT2D eigenvalue weighted by molar-refractivity contribution is -0.117. The van der Waals surface area contributed by atoms with Crippen molar-refractivity contribution >= 4 is 17.6 Å².